The molecule has 0 bridgehead atoms. The SMILES string of the molecule is CCOC(=O)c1cccc(C(=O)N(CC)C(C)(C)C)n1. The first-order valence-electron chi connectivity index (χ1n) is 6.77. The summed E-state index contributed by atoms with van der Waals surface area (Å²) in [6.45, 7) is 10.4. The van der Waals surface area contributed by atoms with Crippen LogP contribution < -0.4 is 0 Å². The van der Waals surface area contributed by atoms with Gasteiger partial charge in [0, 0.05) is 12.1 Å². The van der Waals surface area contributed by atoms with Gasteiger partial charge in [-0.3, -0.25) is 4.79 Å². The smallest absolute Gasteiger partial charge is 0.356 e. The molecule has 1 aromatic rings. The highest BCUT2D eigenvalue weighted by molar-refractivity contribution is 5.94. The lowest BCUT2D eigenvalue weighted by Crippen LogP contribution is -2.45. The highest BCUT2D eigenvalue weighted by atomic mass is 16.5. The minimum absolute atomic E-state index is 0.155. The first-order valence-corrected chi connectivity index (χ1v) is 6.77. The van der Waals surface area contributed by atoms with Crippen LogP contribution in [0.4, 0.5) is 0 Å². The average molecular weight is 278 g/mol. The third-order valence-electron chi connectivity index (χ3n) is 2.82. The predicted molar refractivity (Wildman–Crippen MR) is 76.7 cm³/mol. The summed E-state index contributed by atoms with van der Waals surface area (Å²) in [5, 5.41) is 0. The Hall–Kier alpha value is -1.91. The molecule has 0 N–H and O–H groups in total. The monoisotopic (exact) mass is 278 g/mol. The number of hydrogen-bond donors (Lipinski definition) is 0. The molecule has 0 aliphatic carbocycles. The standard InChI is InChI=1S/C15H22N2O3/c1-6-17(15(3,4)5)13(18)11-9-8-10-12(16-11)14(19)20-7-2/h8-10H,6-7H2,1-5H3. The highest BCUT2D eigenvalue weighted by Gasteiger charge is 2.27. The highest BCUT2D eigenvalue weighted by Crippen LogP contribution is 2.16. The molecule has 0 saturated carbocycles. The number of nitrogens with zero attached hydrogens (tertiary/aromatic N) is 2. The van der Waals surface area contributed by atoms with Gasteiger partial charge in [-0.1, -0.05) is 6.07 Å². The van der Waals surface area contributed by atoms with Crippen molar-refractivity contribution in [1.29, 1.82) is 0 Å². The first-order chi connectivity index (χ1) is 9.31. The molecule has 1 heterocycles. The van der Waals surface area contributed by atoms with Crippen LogP contribution in [-0.2, 0) is 4.74 Å². The molecule has 110 valence electrons. The molecule has 1 rings (SSSR count). The molecule has 20 heavy (non-hydrogen) atoms. The maximum absolute atomic E-state index is 12.5. The van der Waals surface area contributed by atoms with Gasteiger partial charge in [-0.15, -0.1) is 0 Å². The van der Waals surface area contributed by atoms with Crippen LogP contribution in [0.25, 0.3) is 0 Å². The third-order valence-corrected chi connectivity index (χ3v) is 2.82. The van der Waals surface area contributed by atoms with E-state index in [1.165, 1.54) is 0 Å². The van der Waals surface area contributed by atoms with Gasteiger partial charge in [0.05, 0.1) is 6.61 Å². The Morgan fingerprint density at radius 2 is 1.80 bits per heavy atom. The molecular formula is C15H22N2O3. The maximum Gasteiger partial charge on any atom is 0.356 e. The minimum atomic E-state index is -0.513. The van der Waals surface area contributed by atoms with Crippen molar-refractivity contribution < 1.29 is 14.3 Å². The average Bonchev–Trinajstić information content (AvgIpc) is 2.38. The second kappa shape index (κ2) is 6.50. The summed E-state index contributed by atoms with van der Waals surface area (Å²) in [7, 11) is 0. The van der Waals surface area contributed by atoms with E-state index in [-0.39, 0.29) is 29.4 Å². The maximum atomic E-state index is 12.5. The van der Waals surface area contributed by atoms with Gasteiger partial charge in [0.15, 0.2) is 0 Å². The molecule has 1 amide bonds. The lowest BCUT2D eigenvalue weighted by atomic mass is 10.1. The van der Waals surface area contributed by atoms with Crippen LogP contribution in [0.2, 0.25) is 0 Å². The molecule has 0 unspecified atom stereocenters. The summed E-state index contributed by atoms with van der Waals surface area (Å²) in [6.07, 6.45) is 0. The van der Waals surface area contributed by atoms with Gasteiger partial charge < -0.3 is 9.64 Å². The van der Waals surface area contributed by atoms with Crippen molar-refractivity contribution in [2.75, 3.05) is 13.2 Å². The molecule has 0 aliphatic rings. The third kappa shape index (κ3) is 3.79. The molecule has 0 spiro atoms. The number of carbonyl (C=O) groups is 2. The van der Waals surface area contributed by atoms with E-state index < -0.39 is 5.97 Å². The van der Waals surface area contributed by atoms with Gasteiger partial charge in [0.25, 0.3) is 5.91 Å². The van der Waals surface area contributed by atoms with Crippen molar-refractivity contribution in [3.8, 4) is 0 Å². The van der Waals surface area contributed by atoms with E-state index in [9.17, 15) is 9.59 Å². The zero-order valence-electron chi connectivity index (χ0n) is 12.8. The predicted octanol–water partition coefficient (Wildman–Crippen LogP) is 2.52. The number of pyridine rings is 1. The number of aromatic nitrogens is 1. The molecule has 0 saturated heterocycles. The quantitative estimate of drug-likeness (QED) is 0.794. The van der Waals surface area contributed by atoms with Crippen molar-refractivity contribution in [1.82, 2.24) is 9.88 Å². The van der Waals surface area contributed by atoms with Gasteiger partial charge in [0.1, 0.15) is 11.4 Å². The van der Waals surface area contributed by atoms with Gasteiger partial charge in [0.2, 0.25) is 0 Å². The van der Waals surface area contributed by atoms with E-state index in [2.05, 4.69) is 4.98 Å². The normalized spacial score (nSPS) is 11.1. The van der Waals surface area contributed by atoms with E-state index >= 15 is 0 Å². The summed E-state index contributed by atoms with van der Waals surface area (Å²) < 4.78 is 4.89. The lowest BCUT2D eigenvalue weighted by molar-refractivity contribution is 0.0519. The van der Waals surface area contributed by atoms with Crippen LogP contribution >= 0.6 is 0 Å². The minimum Gasteiger partial charge on any atom is -0.461 e. The van der Waals surface area contributed by atoms with Crippen LogP contribution in [-0.4, -0.2) is 40.5 Å². The van der Waals surface area contributed by atoms with Gasteiger partial charge in [-0.2, -0.15) is 0 Å². The van der Waals surface area contributed by atoms with E-state index in [0.717, 1.165) is 0 Å². The molecule has 1 aromatic heterocycles. The van der Waals surface area contributed by atoms with Crippen molar-refractivity contribution >= 4 is 11.9 Å². The van der Waals surface area contributed by atoms with Crippen molar-refractivity contribution in [2.45, 2.75) is 40.2 Å². The number of hydrogen-bond acceptors (Lipinski definition) is 4. The second-order valence-corrected chi connectivity index (χ2v) is 5.35. The Bertz CT molecular complexity index is 492. The van der Waals surface area contributed by atoms with Gasteiger partial charge in [-0.05, 0) is 46.8 Å². The van der Waals surface area contributed by atoms with E-state index in [1.54, 1.807) is 30.0 Å². The summed E-state index contributed by atoms with van der Waals surface area (Å²) in [5.41, 5.74) is 0.114. The van der Waals surface area contributed by atoms with Crippen LogP contribution in [0.1, 0.15) is 55.6 Å². The Balaban J connectivity index is 3.05. The fraction of sp³-hybridized carbons (Fsp3) is 0.533. The second-order valence-electron chi connectivity index (χ2n) is 5.35. The van der Waals surface area contributed by atoms with Crippen molar-refractivity contribution in [2.24, 2.45) is 0 Å². The Morgan fingerprint density at radius 1 is 1.20 bits per heavy atom. The Labute approximate surface area is 119 Å². The van der Waals surface area contributed by atoms with E-state index in [4.69, 9.17) is 4.74 Å². The fourth-order valence-electron chi connectivity index (χ4n) is 1.93. The van der Waals surface area contributed by atoms with Crippen LogP contribution in [0.5, 0.6) is 0 Å². The summed E-state index contributed by atoms with van der Waals surface area (Å²) in [4.78, 5) is 29.9. The number of amides is 1. The number of rotatable bonds is 4. The van der Waals surface area contributed by atoms with Crippen molar-refractivity contribution in [3.05, 3.63) is 29.6 Å². The van der Waals surface area contributed by atoms with Crippen molar-refractivity contribution in [3.63, 3.8) is 0 Å². The number of ether oxygens (including phenoxy) is 1. The molecule has 5 heteroatoms. The van der Waals surface area contributed by atoms with E-state index in [0.29, 0.717) is 6.54 Å². The molecule has 0 aromatic carbocycles. The largest absolute Gasteiger partial charge is 0.461 e. The van der Waals surface area contributed by atoms with Crippen LogP contribution in [0, 0.1) is 0 Å². The fourth-order valence-corrected chi connectivity index (χ4v) is 1.93. The molecule has 0 atom stereocenters. The topological polar surface area (TPSA) is 59.5 Å². The van der Waals surface area contributed by atoms with E-state index in [1.807, 2.05) is 27.7 Å². The number of esters is 1. The van der Waals surface area contributed by atoms with Gasteiger partial charge >= 0.3 is 5.97 Å². The zero-order valence-corrected chi connectivity index (χ0v) is 12.8. The first kappa shape index (κ1) is 16.1. The Morgan fingerprint density at radius 3 is 2.30 bits per heavy atom. The summed E-state index contributed by atoms with van der Waals surface area (Å²) >= 11 is 0. The lowest BCUT2D eigenvalue weighted by Gasteiger charge is -2.34. The van der Waals surface area contributed by atoms with Crippen LogP contribution in [0.3, 0.4) is 0 Å². The number of carbonyl (C=O) groups excluding carboxylic acids is 2. The molecule has 0 fully saturated rings. The summed E-state index contributed by atoms with van der Waals surface area (Å²) in [5.74, 6) is -0.702. The Kier molecular flexibility index (Phi) is 5.25. The molecule has 5 nitrogen and oxygen atoms in total. The van der Waals surface area contributed by atoms with Crippen LogP contribution in [0.15, 0.2) is 18.2 Å². The summed E-state index contributed by atoms with van der Waals surface area (Å²) in [6, 6.07) is 4.80. The van der Waals surface area contributed by atoms with Gasteiger partial charge in [-0.25, -0.2) is 9.78 Å². The molecule has 0 aliphatic heterocycles. The molecule has 0 radical (unpaired) electrons. The zero-order chi connectivity index (χ0) is 15.3. The molecular weight excluding hydrogens is 256 g/mol.